The first-order valence-electron chi connectivity index (χ1n) is 12.9. The SMILES string of the molecule is CC1C2CCC(O2)C(C)C1(O)c1ccc(NC(=O)C2=NCC(C#N)N2)c(C2=CCC(C)(C)CC2)c1. The van der Waals surface area contributed by atoms with Crippen LogP contribution in [0.4, 0.5) is 5.69 Å². The first-order chi connectivity index (χ1) is 16.6. The number of amidine groups is 1. The first-order valence-corrected chi connectivity index (χ1v) is 12.9. The van der Waals surface area contributed by atoms with Gasteiger partial charge >= 0.3 is 0 Å². The van der Waals surface area contributed by atoms with Crippen molar-refractivity contribution in [1.29, 1.82) is 5.26 Å². The Morgan fingerprint density at radius 3 is 2.57 bits per heavy atom. The molecule has 1 amide bonds. The molecule has 7 nitrogen and oxygen atoms in total. The Balaban J connectivity index is 1.51. The number of nitrogens with zero attached hydrogens (tertiary/aromatic N) is 2. The molecular formula is C28H36N4O3. The van der Waals surface area contributed by atoms with Crippen molar-refractivity contribution >= 4 is 23.0 Å². The van der Waals surface area contributed by atoms with Gasteiger partial charge in [-0.2, -0.15) is 5.26 Å². The smallest absolute Gasteiger partial charge is 0.290 e. The Morgan fingerprint density at radius 2 is 1.97 bits per heavy atom. The molecule has 1 aromatic carbocycles. The van der Waals surface area contributed by atoms with E-state index in [4.69, 9.17) is 10.00 Å². The highest BCUT2D eigenvalue weighted by atomic mass is 16.5. The number of rotatable bonds is 4. The molecule has 186 valence electrons. The highest BCUT2D eigenvalue weighted by Gasteiger charge is 2.55. The summed E-state index contributed by atoms with van der Waals surface area (Å²) < 4.78 is 6.19. The lowest BCUT2D eigenvalue weighted by Gasteiger charge is -2.47. The van der Waals surface area contributed by atoms with E-state index in [0.717, 1.165) is 43.2 Å². The van der Waals surface area contributed by atoms with Gasteiger partial charge in [-0.05, 0) is 60.8 Å². The van der Waals surface area contributed by atoms with Crippen LogP contribution in [0.5, 0.6) is 0 Å². The highest BCUT2D eigenvalue weighted by molar-refractivity contribution is 6.42. The Labute approximate surface area is 207 Å². The van der Waals surface area contributed by atoms with Gasteiger partial charge in [0.05, 0.1) is 30.4 Å². The van der Waals surface area contributed by atoms with Crippen LogP contribution in [0.25, 0.3) is 5.57 Å². The standard InChI is InChI=1S/C28H36N4O3/c1-16-23-7-8-24(35-23)17(2)28(16,34)19-5-6-22(32-26(33)25-30-15-20(14-29)31-25)21(13-19)18-9-11-27(3,4)12-10-18/h5-6,9,13,16-17,20,23-24,34H,7-8,10-12,15H2,1-4H3,(H,30,31)(H,32,33). The number of ether oxygens (including phenoxy) is 1. The Morgan fingerprint density at radius 1 is 1.26 bits per heavy atom. The van der Waals surface area contributed by atoms with Gasteiger partial charge in [-0.15, -0.1) is 0 Å². The average Bonchev–Trinajstić information content (AvgIpc) is 3.51. The fraction of sp³-hybridized carbons (Fsp3) is 0.607. The summed E-state index contributed by atoms with van der Waals surface area (Å²) in [6.07, 6.45) is 7.32. The molecule has 5 atom stereocenters. The van der Waals surface area contributed by atoms with Crippen molar-refractivity contribution in [3.05, 3.63) is 35.4 Å². The lowest BCUT2D eigenvalue weighted by atomic mass is 9.69. The number of benzene rings is 1. The molecular weight excluding hydrogens is 440 g/mol. The number of amides is 1. The minimum Gasteiger partial charge on any atom is -0.384 e. The molecule has 2 saturated heterocycles. The molecule has 4 aliphatic rings. The van der Waals surface area contributed by atoms with Crippen LogP contribution < -0.4 is 10.6 Å². The van der Waals surface area contributed by atoms with Crippen molar-refractivity contribution in [3.63, 3.8) is 0 Å². The predicted octanol–water partition coefficient (Wildman–Crippen LogP) is 4.13. The molecule has 3 aliphatic heterocycles. The molecule has 1 aromatic rings. The quantitative estimate of drug-likeness (QED) is 0.606. The van der Waals surface area contributed by atoms with Crippen molar-refractivity contribution < 1.29 is 14.6 Å². The molecule has 3 heterocycles. The third-order valence-electron chi connectivity index (χ3n) is 8.75. The third kappa shape index (κ3) is 4.17. The van der Waals surface area contributed by atoms with E-state index in [2.05, 4.69) is 61.5 Å². The first kappa shape index (κ1) is 24.0. The van der Waals surface area contributed by atoms with Gasteiger partial charge in [0.2, 0.25) is 0 Å². The minimum absolute atomic E-state index is 0.0243. The topological polar surface area (TPSA) is 107 Å². The van der Waals surface area contributed by atoms with E-state index in [1.807, 2.05) is 12.1 Å². The zero-order chi connectivity index (χ0) is 25.0. The predicted molar refractivity (Wildman–Crippen MR) is 136 cm³/mol. The number of allylic oxidation sites excluding steroid dienone is 2. The van der Waals surface area contributed by atoms with Crippen LogP contribution in [0, 0.1) is 28.6 Å². The molecule has 0 saturated carbocycles. The number of fused-ring (bicyclic) bond motifs is 2. The largest absolute Gasteiger partial charge is 0.384 e. The number of hydrogen-bond acceptors (Lipinski definition) is 6. The van der Waals surface area contributed by atoms with Crippen molar-refractivity contribution in [2.24, 2.45) is 22.2 Å². The van der Waals surface area contributed by atoms with Crippen LogP contribution in [-0.4, -0.2) is 41.6 Å². The number of aliphatic imine (C=N–C) groups is 1. The minimum atomic E-state index is -0.993. The molecule has 5 unspecified atom stereocenters. The summed E-state index contributed by atoms with van der Waals surface area (Å²) in [7, 11) is 0. The zero-order valence-electron chi connectivity index (χ0n) is 21.1. The normalized spacial score (nSPS) is 35.5. The lowest BCUT2D eigenvalue weighted by molar-refractivity contribution is -0.194. The average molecular weight is 477 g/mol. The molecule has 0 radical (unpaired) electrons. The number of aliphatic hydroxyl groups is 1. The van der Waals surface area contributed by atoms with Crippen molar-refractivity contribution in [3.8, 4) is 6.07 Å². The number of hydrogen-bond donors (Lipinski definition) is 3. The van der Waals surface area contributed by atoms with Crippen LogP contribution >= 0.6 is 0 Å². The van der Waals surface area contributed by atoms with Crippen molar-refractivity contribution in [2.45, 2.75) is 83.6 Å². The maximum atomic E-state index is 13.0. The molecule has 7 heteroatoms. The molecule has 0 aromatic heterocycles. The number of carbonyl (C=O) groups excluding carboxylic acids is 1. The number of nitrogens with one attached hydrogen (secondary N) is 2. The third-order valence-corrected chi connectivity index (χ3v) is 8.75. The summed E-state index contributed by atoms with van der Waals surface area (Å²) in [5.41, 5.74) is 2.99. The fourth-order valence-electron chi connectivity index (χ4n) is 6.25. The van der Waals surface area contributed by atoms with Crippen LogP contribution in [0.2, 0.25) is 0 Å². The molecule has 2 bridgehead atoms. The molecule has 5 rings (SSSR count). The van der Waals surface area contributed by atoms with Gasteiger partial charge in [-0.3, -0.25) is 9.79 Å². The van der Waals surface area contributed by atoms with E-state index >= 15 is 0 Å². The second-order valence-electron chi connectivity index (χ2n) is 11.5. The summed E-state index contributed by atoms with van der Waals surface area (Å²) in [4.78, 5) is 17.2. The molecule has 0 spiro atoms. The second-order valence-corrected chi connectivity index (χ2v) is 11.5. The second kappa shape index (κ2) is 8.76. The summed E-state index contributed by atoms with van der Waals surface area (Å²) in [5.74, 6) is -0.210. The molecule has 1 aliphatic carbocycles. The summed E-state index contributed by atoms with van der Waals surface area (Å²) in [6, 6.07) is 7.57. The van der Waals surface area contributed by atoms with E-state index < -0.39 is 11.6 Å². The molecule has 3 N–H and O–H groups in total. The highest BCUT2D eigenvalue weighted by Crippen LogP contribution is 2.52. The Bertz CT molecular complexity index is 1120. The lowest BCUT2D eigenvalue weighted by Crippen LogP contribution is -2.52. The summed E-state index contributed by atoms with van der Waals surface area (Å²) in [5, 5.41) is 27.1. The number of nitriles is 1. The van der Waals surface area contributed by atoms with Crippen LogP contribution in [-0.2, 0) is 15.1 Å². The van der Waals surface area contributed by atoms with E-state index in [0.29, 0.717) is 5.69 Å². The van der Waals surface area contributed by atoms with Crippen LogP contribution in [0.15, 0.2) is 29.3 Å². The van der Waals surface area contributed by atoms with Gasteiger partial charge in [-0.1, -0.05) is 39.8 Å². The number of anilines is 1. The van der Waals surface area contributed by atoms with Gasteiger partial charge in [0.15, 0.2) is 5.84 Å². The van der Waals surface area contributed by atoms with E-state index in [9.17, 15) is 9.90 Å². The van der Waals surface area contributed by atoms with Crippen LogP contribution in [0.1, 0.15) is 70.9 Å². The maximum absolute atomic E-state index is 13.0. The van der Waals surface area contributed by atoms with Crippen LogP contribution in [0.3, 0.4) is 0 Å². The molecule has 2 fully saturated rings. The summed E-state index contributed by atoms with van der Waals surface area (Å²) >= 11 is 0. The molecule has 35 heavy (non-hydrogen) atoms. The van der Waals surface area contributed by atoms with Gasteiger partial charge in [-0.25, -0.2) is 0 Å². The Kier molecular flexibility index (Phi) is 6.01. The van der Waals surface area contributed by atoms with Gasteiger partial charge < -0.3 is 20.5 Å². The van der Waals surface area contributed by atoms with E-state index in [-0.39, 0.29) is 47.7 Å². The number of carbonyl (C=O) groups is 1. The monoisotopic (exact) mass is 476 g/mol. The summed E-state index contributed by atoms with van der Waals surface area (Å²) in [6.45, 7) is 9.02. The van der Waals surface area contributed by atoms with Gasteiger partial charge in [0.25, 0.3) is 5.91 Å². The van der Waals surface area contributed by atoms with Crippen molar-refractivity contribution in [1.82, 2.24) is 5.32 Å². The van der Waals surface area contributed by atoms with Gasteiger partial charge in [0, 0.05) is 23.1 Å². The Hall–Kier alpha value is -2.69. The zero-order valence-corrected chi connectivity index (χ0v) is 21.1. The maximum Gasteiger partial charge on any atom is 0.290 e. The van der Waals surface area contributed by atoms with Gasteiger partial charge in [0.1, 0.15) is 6.04 Å². The van der Waals surface area contributed by atoms with E-state index in [1.165, 1.54) is 5.57 Å². The van der Waals surface area contributed by atoms with Crippen molar-refractivity contribution in [2.75, 3.05) is 11.9 Å². The van der Waals surface area contributed by atoms with E-state index in [1.54, 1.807) is 0 Å². The fourth-order valence-corrected chi connectivity index (χ4v) is 6.25.